The summed E-state index contributed by atoms with van der Waals surface area (Å²) >= 11 is 3.41. The molecule has 5 nitrogen and oxygen atoms in total. The Bertz CT molecular complexity index is 702. The van der Waals surface area contributed by atoms with E-state index >= 15 is 0 Å². The van der Waals surface area contributed by atoms with E-state index in [1.165, 1.54) is 6.92 Å². The van der Waals surface area contributed by atoms with Crippen LogP contribution in [0.15, 0.2) is 40.9 Å². The number of fused-ring (bicyclic) bond motifs is 1. The maximum absolute atomic E-state index is 11.6. The lowest BCUT2D eigenvalue weighted by atomic mass is 10.1. The molecule has 0 fully saturated rings. The van der Waals surface area contributed by atoms with Gasteiger partial charge in [0.25, 0.3) is 5.91 Å². The van der Waals surface area contributed by atoms with Gasteiger partial charge in [-0.15, -0.1) is 0 Å². The first-order valence-corrected chi connectivity index (χ1v) is 7.56. The summed E-state index contributed by atoms with van der Waals surface area (Å²) in [7, 11) is 0. The molecule has 116 valence electrons. The van der Waals surface area contributed by atoms with Crippen molar-refractivity contribution in [3.63, 3.8) is 0 Å². The number of hydrogen-bond acceptors (Lipinski definition) is 3. The van der Waals surface area contributed by atoms with Crippen LogP contribution >= 0.6 is 15.9 Å². The summed E-state index contributed by atoms with van der Waals surface area (Å²) in [6.07, 6.45) is 0. The number of carboxylic acids is 1. The topological polar surface area (TPSA) is 75.6 Å². The largest absolute Gasteiger partial charge is 0.484 e. The molecule has 22 heavy (non-hydrogen) atoms. The SMILES string of the molecule is CC(CNC(=O)COc1ccc2cc(Br)ccc2c1)C(=O)O. The Morgan fingerprint density at radius 2 is 1.91 bits per heavy atom. The van der Waals surface area contributed by atoms with Gasteiger partial charge in [-0.2, -0.15) is 0 Å². The van der Waals surface area contributed by atoms with E-state index in [1.807, 2.05) is 30.3 Å². The van der Waals surface area contributed by atoms with E-state index in [0.717, 1.165) is 15.2 Å². The highest BCUT2D eigenvalue weighted by molar-refractivity contribution is 9.10. The van der Waals surface area contributed by atoms with Crippen molar-refractivity contribution in [2.75, 3.05) is 13.2 Å². The Labute approximate surface area is 136 Å². The second kappa shape index (κ2) is 7.26. The number of carbonyl (C=O) groups is 2. The van der Waals surface area contributed by atoms with Crippen molar-refractivity contribution in [3.05, 3.63) is 40.9 Å². The Morgan fingerprint density at radius 3 is 2.64 bits per heavy atom. The van der Waals surface area contributed by atoms with Crippen LogP contribution in [0.25, 0.3) is 10.8 Å². The van der Waals surface area contributed by atoms with Gasteiger partial charge in [0.2, 0.25) is 0 Å². The minimum Gasteiger partial charge on any atom is -0.484 e. The summed E-state index contributed by atoms with van der Waals surface area (Å²) in [6, 6.07) is 11.5. The lowest BCUT2D eigenvalue weighted by Crippen LogP contribution is -2.34. The normalized spacial score (nSPS) is 11.9. The van der Waals surface area contributed by atoms with E-state index in [9.17, 15) is 9.59 Å². The lowest BCUT2D eigenvalue weighted by Gasteiger charge is -2.10. The van der Waals surface area contributed by atoms with E-state index in [0.29, 0.717) is 5.75 Å². The maximum Gasteiger partial charge on any atom is 0.308 e. The summed E-state index contributed by atoms with van der Waals surface area (Å²) in [5, 5.41) is 13.3. The molecule has 0 spiro atoms. The molecule has 0 saturated carbocycles. The highest BCUT2D eigenvalue weighted by atomic mass is 79.9. The first kappa shape index (κ1) is 16.3. The van der Waals surface area contributed by atoms with Gasteiger partial charge in [0.15, 0.2) is 6.61 Å². The molecule has 2 rings (SSSR count). The van der Waals surface area contributed by atoms with Crippen LogP contribution in [0.5, 0.6) is 5.75 Å². The molecule has 0 radical (unpaired) electrons. The molecule has 2 aromatic rings. The summed E-state index contributed by atoms with van der Waals surface area (Å²) in [6.45, 7) is 1.47. The zero-order valence-electron chi connectivity index (χ0n) is 12.0. The molecule has 0 aliphatic carbocycles. The van der Waals surface area contributed by atoms with E-state index in [2.05, 4.69) is 21.2 Å². The molecule has 0 bridgehead atoms. The average Bonchev–Trinajstić information content (AvgIpc) is 2.50. The molecule has 2 aromatic carbocycles. The van der Waals surface area contributed by atoms with E-state index in [4.69, 9.17) is 9.84 Å². The average molecular weight is 366 g/mol. The van der Waals surface area contributed by atoms with Gasteiger partial charge >= 0.3 is 5.97 Å². The Hall–Kier alpha value is -2.08. The highest BCUT2D eigenvalue weighted by Crippen LogP contribution is 2.24. The number of amides is 1. The fourth-order valence-corrected chi connectivity index (χ4v) is 2.22. The summed E-state index contributed by atoms with van der Waals surface area (Å²) in [5.41, 5.74) is 0. The van der Waals surface area contributed by atoms with Gasteiger partial charge in [-0.1, -0.05) is 35.0 Å². The lowest BCUT2D eigenvalue weighted by molar-refractivity contribution is -0.141. The van der Waals surface area contributed by atoms with Crippen LogP contribution in [0.4, 0.5) is 0 Å². The van der Waals surface area contributed by atoms with Crippen LogP contribution in [0.2, 0.25) is 0 Å². The predicted octanol–water partition coefficient (Wildman–Crippen LogP) is 2.82. The van der Waals surface area contributed by atoms with E-state index in [1.54, 1.807) is 6.07 Å². The van der Waals surface area contributed by atoms with Crippen LogP contribution in [0.1, 0.15) is 6.92 Å². The first-order chi connectivity index (χ1) is 10.5. The van der Waals surface area contributed by atoms with Crippen LogP contribution in [0.3, 0.4) is 0 Å². The second-order valence-corrected chi connectivity index (χ2v) is 5.90. The Kier molecular flexibility index (Phi) is 5.38. The molecule has 1 unspecified atom stereocenters. The van der Waals surface area contributed by atoms with Crippen LogP contribution in [-0.2, 0) is 9.59 Å². The molecule has 6 heteroatoms. The number of carbonyl (C=O) groups excluding carboxylic acids is 1. The standard InChI is InChI=1S/C16H16BrNO4/c1-10(16(20)21)8-18-15(19)9-22-14-5-3-11-6-13(17)4-2-12(11)7-14/h2-7,10H,8-9H2,1H3,(H,18,19)(H,20,21). The zero-order chi connectivity index (χ0) is 16.1. The van der Waals surface area contributed by atoms with Gasteiger partial charge in [0.1, 0.15) is 5.75 Å². The van der Waals surface area contributed by atoms with Crippen molar-refractivity contribution in [2.45, 2.75) is 6.92 Å². The molecule has 0 heterocycles. The number of hydrogen-bond donors (Lipinski definition) is 2. The number of aliphatic carboxylic acids is 1. The minimum atomic E-state index is -0.943. The molecular formula is C16H16BrNO4. The number of halogens is 1. The molecule has 2 N–H and O–H groups in total. The number of rotatable bonds is 6. The van der Waals surface area contributed by atoms with Gasteiger partial charge in [-0.25, -0.2) is 0 Å². The van der Waals surface area contributed by atoms with Crippen molar-refractivity contribution < 1.29 is 19.4 Å². The molecule has 0 aliphatic rings. The van der Waals surface area contributed by atoms with Crippen LogP contribution < -0.4 is 10.1 Å². The number of benzene rings is 2. The zero-order valence-corrected chi connectivity index (χ0v) is 13.6. The van der Waals surface area contributed by atoms with E-state index < -0.39 is 11.9 Å². The van der Waals surface area contributed by atoms with Crippen LogP contribution in [-0.4, -0.2) is 30.1 Å². The first-order valence-electron chi connectivity index (χ1n) is 6.77. The van der Waals surface area contributed by atoms with Crippen LogP contribution in [0, 0.1) is 5.92 Å². The van der Waals surface area contributed by atoms with Crippen molar-refractivity contribution in [1.82, 2.24) is 5.32 Å². The number of nitrogens with one attached hydrogen (secondary N) is 1. The third-order valence-corrected chi connectivity index (χ3v) is 3.66. The number of ether oxygens (including phenoxy) is 1. The maximum atomic E-state index is 11.6. The Balaban J connectivity index is 1.90. The minimum absolute atomic E-state index is 0.0866. The molecule has 0 aliphatic heterocycles. The van der Waals surface area contributed by atoms with Gasteiger partial charge < -0.3 is 15.2 Å². The Morgan fingerprint density at radius 1 is 1.23 bits per heavy atom. The monoisotopic (exact) mass is 365 g/mol. The van der Waals surface area contributed by atoms with Crippen molar-refractivity contribution >= 4 is 38.6 Å². The van der Waals surface area contributed by atoms with Gasteiger partial charge in [-0.3, -0.25) is 9.59 Å². The smallest absolute Gasteiger partial charge is 0.308 e. The third-order valence-electron chi connectivity index (χ3n) is 3.17. The third kappa shape index (κ3) is 4.46. The fraction of sp³-hybridized carbons (Fsp3) is 0.250. The van der Waals surface area contributed by atoms with Crippen molar-refractivity contribution in [2.24, 2.45) is 5.92 Å². The van der Waals surface area contributed by atoms with E-state index in [-0.39, 0.29) is 19.1 Å². The fourth-order valence-electron chi connectivity index (χ4n) is 1.84. The molecular weight excluding hydrogens is 350 g/mol. The van der Waals surface area contributed by atoms with Gasteiger partial charge in [0, 0.05) is 11.0 Å². The molecule has 0 aromatic heterocycles. The molecule has 1 atom stereocenters. The highest BCUT2D eigenvalue weighted by Gasteiger charge is 2.12. The van der Waals surface area contributed by atoms with Gasteiger partial charge in [0.05, 0.1) is 5.92 Å². The molecule has 1 amide bonds. The summed E-state index contributed by atoms with van der Waals surface area (Å²) in [5.74, 6) is -1.31. The van der Waals surface area contributed by atoms with Gasteiger partial charge in [-0.05, 0) is 35.0 Å². The van der Waals surface area contributed by atoms with Crippen molar-refractivity contribution in [3.8, 4) is 5.75 Å². The van der Waals surface area contributed by atoms with Crippen molar-refractivity contribution in [1.29, 1.82) is 0 Å². The predicted molar refractivity (Wildman–Crippen MR) is 87.0 cm³/mol. The summed E-state index contributed by atoms with van der Waals surface area (Å²) in [4.78, 5) is 22.3. The quantitative estimate of drug-likeness (QED) is 0.825. The summed E-state index contributed by atoms with van der Waals surface area (Å²) < 4.78 is 6.43. The second-order valence-electron chi connectivity index (χ2n) is 4.99. The molecule has 0 saturated heterocycles. The number of carboxylic acid groups (broad SMARTS) is 1.